The molecule has 0 N–H and O–H groups in total. The summed E-state index contributed by atoms with van der Waals surface area (Å²) >= 11 is 5.94. The quantitative estimate of drug-likeness (QED) is 0.683. The molecule has 2 aromatic rings. The highest BCUT2D eigenvalue weighted by Gasteiger charge is 2.22. The van der Waals surface area contributed by atoms with Gasteiger partial charge in [-0.25, -0.2) is 0 Å². The van der Waals surface area contributed by atoms with Crippen LogP contribution in [0.3, 0.4) is 0 Å². The highest BCUT2D eigenvalue weighted by Crippen LogP contribution is 2.24. The normalized spacial score (nSPS) is 11.0. The number of oxazole rings is 1. The smallest absolute Gasteiger partial charge is 0.395 e. The van der Waals surface area contributed by atoms with E-state index < -0.39 is 0 Å². The van der Waals surface area contributed by atoms with Crippen LogP contribution in [0.1, 0.15) is 27.7 Å². The number of benzene rings is 1. The van der Waals surface area contributed by atoms with E-state index >= 15 is 0 Å². The highest BCUT2D eigenvalue weighted by atomic mass is 35.5. The SMILES string of the molecule is COCCN(C(=O)COc1nc2cc(Cl)ccc2o1)C(=C(C)C)C(C)C. The van der Waals surface area contributed by atoms with Gasteiger partial charge in [-0.1, -0.05) is 31.0 Å². The summed E-state index contributed by atoms with van der Waals surface area (Å²) in [6, 6.07) is 5.10. The molecule has 0 spiro atoms. The van der Waals surface area contributed by atoms with Gasteiger partial charge >= 0.3 is 6.08 Å². The largest absolute Gasteiger partial charge is 0.440 e. The van der Waals surface area contributed by atoms with Crippen molar-refractivity contribution in [3.8, 4) is 6.08 Å². The van der Waals surface area contributed by atoms with E-state index in [0.717, 1.165) is 11.3 Å². The highest BCUT2D eigenvalue weighted by molar-refractivity contribution is 6.31. The first-order valence-electron chi connectivity index (χ1n) is 8.49. The predicted octanol–water partition coefficient (Wildman–Crippen LogP) is 4.28. The molecule has 0 bridgehead atoms. The molecule has 2 rings (SSSR count). The van der Waals surface area contributed by atoms with Crippen LogP contribution in [0, 0.1) is 5.92 Å². The van der Waals surface area contributed by atoms with Crippen LogP contribution in [0.15, 0.2) is 33.9 Å². The Balaban J connectivity index is 2.13. The van der Waals surface area contributed by atoms with Gasteiger partial charge in [-0.3, -0.25) is 4.79 Å². The monoisotopic (exact) mass is 380 g/mol. The Hall–Kier alpha value is -2.05. The molecule has 0 saturated heterocycles. The van der Waals surface area contributed by atoms with Crippen molar-refractivity contribution in [3.63, 3.8) is 0 Å². The number of ether oxygens (including phenoxy) is 2. The first kappa shape index (κ1) is 20.3. The minimum absolute atomic E-state index is 0.0469. The molecule has 0 aliphatic rings. The topological polar surface area (TPSA) is 64.8 Å². The van der Waals surface area contributed by atoms with Crippen molar-refractivity contribution in [2.45, 2.75) is 27.7 Å². The van der Waals surface area contributed by atoms with E-state index in [2.05, 4.69) is 18.8 Å². The number of nitrogens with zero attached hydrogens (tertiary/aromatic N) is 2. The molecule has 0 fully saturated rings. The van der Waals surface area contributed by atoms with Gasteiger partial charge < -0.3 is 18.8 Å². The van der Waals surface area contributed by atoms with Gasteiger partial charge in [0.15, 0.2) is 12.2 Å². The Morgan fingerprint density at radius 2 is 2.08 bits per heavy atom. The summed E-state index contributed by atoms with van der Waals surface area (Å²) in [4.78, 5) is 18.7. The van der Waals surface area contributed by atoms with Crippen LogP contribution in [-0.2, 0) is 9.53 Å². The first-order valence-corrected chi connectivity index (χ1v) is 8.86. The van der Waals surface area contributed by atoms with Crippen molar-refractivity contribution in [1.29, 1.82) is 0 Å². The fourth-order valence-corrected chi connectivity index (χ4v) is 3.03. The van der Waals surface area contributed by atoms with E-state index in [4.69, 9.17) is 25.5 Å². The van der Waals surface area contributed by atoms with Crippen molar-refractivity contribution >= 4 is 28.6 Å². The zero-order valence-electron chi connectivity index (χ0n) is 15.8. The molecule has 1 heterocycles. The summed E-state index contributed by atoms with van der Waals surface area (Å²) < 4.78 is 16.1. The van der Waals surface area contributed by atoms with E-state index in [-0.39, 0.29) is 24.5 Å². The molecule has 1 aromatic carbocycles. The second-order valence-corrected chi connectivity index (χ2v) is 6.90. The number of hydrogen-bond donors (Lipinski definition) is 0. The van der Waals surface area contributed by atoms with Crippen LogP contribution < -0.4 is 4.74 Å². The third kappa shape index (κ3) is 4.99. The van der Waals surface area contributed by atoms with Crippen LogP contribution in [0.25, 0.3) is 11.1 Å². The minimum atomic E-state index is -0.174. The molecular weight excluding hydrogens is 356 g/mol. The van der Waals surface area contributed by atoms with Gasteiger partial charge in [-0.05, 0) is 38.0 Å². The molecule has 0 aliphatic carbocycles. The third-order valence-electron chi connectivity index (χ3n) is 3.82. The molecule has 1 aromatic heterocycles. The number of methoxy groups -OCH3 is 1. The maximum Gasteiger partial charge on any atom is 0.395 e. The molecule has 0 atom stereocenters. The van der Waals surface area contributed by atoms with E-state index in [1.165, 1.54) is 0 Å². The van der Waals surface area contributed by atoms with Crippen molar-refractivity contribution in [3.05, 3.63) is 34.5 Å². The van der Waals surface area contributed by atoms with Crippen molar-refractivity contribution < 1.29 is 18.7 Å². The van der Waals surface area contributed by atoms with Crippen LogP contribution in [0.5, 0.6) is 6.08 Å². The number of hydrogen-bond acceptors (Lipinski definition) is 5. The minimum Gasteiger partial charge on any atom is -0.440 e. The molecule has 0 aliphatic heterocycles. The van der Waals surface area contributed by atoms with E-state index in [9.17, 15) is 4.79 Å². The summed E-state index contributed by atoms with van der Waals surface area (Å²) in [6.45, 7) is 8.83. The molecule has 1 amide bonds. The Morgan fingerprint density at radius 3 is 2.69 bits per heavy atom. The Labute approximate surface area is 158 Å². The lowest BCUT2D eigenvalue weighted by atomic mass is 10.0. The number of carbonyl (C=O) groups is 1. The average Bonchev–Trinajstić information content (AvgIpc) is 2.97. The second-order valence-electron chi connectivity index (χ2n) is 6.46. The third-order valence-corrected chi connectivity index (χ3v) is 4.05. The predicted molar refractivity (Wildman–Crippen MR) is 101 cm³/mol. The van der Waals surface area contributed by atoms with Crippen LogP contribution in [-0.4, -0.2) is 42.7 Å². The standard InChI is InChI=1S/C19H25ClN2O4/c1-12(2)18(13(3)4)22(8-9-24-5)17(23)11-25-19-21-15-10-14(20)6-7-16(15)26-19/h6-7,10,12H,8-9,11H2,1-5H3. The van der Waals surface area contributed by atoms with Crippen LogP contribution in [0.2, 0.25) is 5.02 Å². The van der Waals surface area contributed by atoms with Gasteiger partial charge in [0.1, 0.15) is 5.52 Å². The van der Waals surface area contributed by atoms with E-state index in [1.54, 1.807) is 30.2 Å². The maximum absolute atomic E-state index is 12.8. The number of carbonyl (C=O) groups excluding carboxylic acids is 1. The molecule has 0 saturated carbocycles. The lowest BCUT2D eigenvalue weighted by molar-refractivity contribution is -0.132. The van der Waals surface area contributed by atoms with Gasteiger partial charge in [-0.15, -0.1) is 0 Å². The van der Waals surface area contributed by atoms with Gasteiger partial charge in [0.05, 0.1) is 6.61 Å². The number of aromatic nitrogens is 1. The number of halogens is 1. The number of fused-ring (bicyclic) bond motifs is 1. The zero-order chi connectivity index (χ0) is 19.3. The molecule has 7 heteroatoms. The zero-order valence-corrected chi connectivity index (χ0v) is 16.6. The van der Waals surface area contributed by atoms with Crippen molar-refractivity contribution in [2.24, 2.45) is 5.92 Å². The molecule has 0 unspecified atom stereocenters. The summed E-state index contributed by atoms with van der Waals surface area (Å²) in [5.74, 6) is 0.0273. The molecular formula is C19H25ClN2O4. The Kier molecular flexibility index (Phi) is 7.06. The lowest BCUT2D eigenvalue weighted by Crippen LogP contribution is -2.38. The molecule has 6 nitrogen and oxygen atoms in total. The summed E-state index contributed by atoms with van der Waals surface area (Å²) in [5.41, 5.74) is 3.20. The van der Waals surface area contributed by atoms with Gasteiger partial charge in [0.25, 0.3) is 5.91 Å². The fraction of sp³-hybridized carbons (Fsp3) is 0.474. The average molecular weight is 381 g/mol. The summed E-state index contributed by atoms with van der Waals surface area (Å²) in [5, 5.41) is 0.560. The number of rotatable bonds is 8. The lowest BCUT2D eigenvalue weighted by Gasteiger charge is -2.29. The molecule has 142 valence electrons. The van der Waals surface area contributed by atoms with Crippen molar-refractivity contribution in [1.82, 2.24) is 9.88 Å². The van der Waals surface area contributed by atoms with E-state index in [1.807, 2.05) is 13.8 Å². The summed E-state index contributed by atoms with van der Waals surface area (Å²) in [6.07, 6.45) is 0.0469. The van der Waals surface area contributed by atoms with Crippen LogP contribution >= 0.6 is 11.6 Å². The summed E-state index contributed by atoms with van der Waals surface area (Å²) in [7, 11) is 1.61. The first-order chi connectivity index (χ1) is 12.3. The molecule has 26 heavy (non-hydrogen) atoms. The van der Waals surface area contributed by atoms with Gasteiger partial charge in [0, 0.05) is 24.4 Å². The molecule has 0 radical (unpaired) electrons. The maximum atomic E-state index is 12.8. The van der Waals surface area contributed by atoms with E-state index in [0.29, 0.717) is 29.3 Å². The number of amides is 1. The fourth-order valence-electron chi connectivity index (χ4n) is 2.86. The second kappa shape index (κ2) is 9.05. The number of allylic oxidation sites excluding steroid dienone is 2. The van der Waals surface area contributed by atoms with Gasteiger partial charge in [0.2, 0.25) is 0 Å². The Morgan fingerprint density at radius 1 is 1.35 bits per heavy atom. The van der Waals surface area contributed by atoms with Crippen molar-refractivity contribution in [2.75, 3.05) is 26.9 Å². The van der Waals surface area contributed by atoms with Crippen LogP contribution in [0.4, 0.5) is 0 Å². The van der Waals surface area contributed by atoms with Gasteiger partial charge in [-0.2, -0.15) is 4.98 Å². The Bertz CT molecular complexity index is 794.